The number of fused-ring (bicyclic) bond motifs is 1. The molecule has 3 aromatic rings. The van der Waals surface area contributed by atoms with Crippen LogP contribution in [0.5, 0.6) is 0 Å². The van der Waals surface area contributed by atoms with Crippen molar-refractivity contribution in [2.45, 2.75) is 25.5 Å². The summed E-state index contributed by atoms with van der Waals surface area (Å²) in [6, 6.07) is 4.80. The maximum absolute atomic E-state index is 14.5. The van der Waals surface area contributed by atoms with Gasteiger partial charge < -0.3 is 10.1 Å². The average Bonchev–Trinajstić information content (AvgIpc) is 3.23. The van der Waals surface area contributed by atoms with Crippen LogP contribution in [-0.2, 0) is 9.53 Å². The fraction of sp³-hybridized carbons (Fsp3) is 0.286. The van der Waals surface area contributed by atoms with Gasteiger partial charge in [-0.15, -0.1) is 11.6 Å². The van der Waals surface area contributed by atoms with E-state index in [0.717, 1.165) is 31.4 Å². The Labute approximate surface area is 189 Å². The first-order valence-corrected chi connectivity index (χ1v) is 10.9. The summed E-state index contributed by atoms with van der Waals surface area (Å²) in [5, 5.41) is 7.02. The third-order valence-corrected chi connectivity index (χ3v) is 5.89. The Balaban J connectivity index is 1.81. The molecular formula is C21H17BrClF2N3O3. The lowest BCUT2D eigenvalue weighted by Crippen LogP contribution is -2.18. The van der Waals surface area contributed by atoms with Crippen LogP contribution in [0.4, 0.5) is 14.5 Å². The van der Waals surface area contributed by atoms with E-state index in [-0.39, 0.29) is 38.9 Å². The van der Waals surface area contributed by atoms with Gasteiger partial charge >= 0.3 is 0 Å². The number of rotatable bonds is 5. The van der Waals surface area contributed by atoms with Crippen molar-refractivity contribution < 1.29 is 23.1 Å². The Kier molecular flexibility index (Phi) is 6.36. The van der Waals surface area contributed by atoms with Crippen molar-refractivity contribution in [2.75, 3.05) is 17.8 Å². The number of carbonyl (C=O) groups is 2. The average molecular weight is 513 g/mol. The molecule has 1 fully saturated rings. The van der Waals surface area contributed by atoms with Gasteiger partial charge in [-0.1, -0.05) is 0 Å². The van der Waals surface area contributed by atoms with E-state index < -0.39 is 23.3 Å². The summed E-state index contributed by atoms with van der Waals surface area (Å²) in [5.41, 5.74) is 0.198. The standard InChI is InChI=1S/C21H17BrClF2N3O3/c22-14-7-12(17(8-16(14)25)26-18(29)9-23)21(30)11-4-5-15(24)20-13(11)10-28(27-20)19-3-1-2-6-31-19/h4-5,7-8,10,19H,1-3,6,9H2,(H,26,29). The van der Waals surface area contributed by atoms with E-state index in [0.29, 0.717) is 12.0 Å². The van der Waals surface area contributed by atoms with Gasteiger partial charge in [0.25, 0.3) is 0 Å². The second-order valence-electron chi connectivity index (χ2n) is 7.11. The summed E-state index contributed by atoms with van der Waals surface area (Å²) >= 11 is 8.59. The Morgan fingerprint density at radius 3 is 2.74 bits per heavy atom. The van der Waals surface area contributed by atoms with E-state index in [4.69, 9.17) is 16.3 Å². The van der Waals surface area contributed by atoms with Gasteiger partial charge in [-0.3, -0.25) is 9.59 Å². The van der Waals surface area contributed by atoms with E-state index in [1.807, 2.05) is 0 Å². The molecular weight excluding hydrogens is 496 g/mol. The number of aromatic nitrogens is 2. The van der Waals surface area contributed by atoms with Gasteiger partial charge in [0.1, 0.15) is 23.4 Å². The minimum atomic E-state index is -0.659. The summed E-state index contributed by atoms with van der Waals surface area (Å²) in [6.07, 6.45) is 3.89. The molecule has 1 amide bonds. The Hall–Kier alpha value is -2.36. The maximum Gasteiger partial charge on any atom is 0.239 e. The fourth-order valence-electron chi connectivity index (χ4n) is 3.54. The lowest BCUT2D eigenvalue weighted by atomic mass is 9.98. The Bertz CT molecular complexity index is 1180. The number of ketones is 1. The highest BCUT2D eigenvalue weighted by atomic mass is 79.9. The highest BCUT2D eigenvalue weighted by molar-refractivity contribution is 9.10. The van der Waals surface area contributed by atoms with E-state index in [1.165, 1.54) is 16.8 Å². The first kappa shape index (κ1) is 21.9. The number of anilines is 1. The number of nitrogens with zero attached hydrogens (tertiary/aromatic N) is 2. The minimum Gasteiger partial charge on any atom is -0.357 e. The fourth-order valence-corrected chi connectivity index (χ4v) is 3.95. The van der Waals surface area contributed by atoms with E-state index in [1.54, 1.807) is 6.20 Å². The molecule has 0 radical (unpaired) electrons. The summed E-state index contributed by atoms with van der Waals surface area (Å²) in [6.45, 7) is 0.586. The predicted octanol–water partition coefficient (Wildman–Crippen LogP) is 5.18. The van der Waals surface area contributed by atoms with Crippen molar-refractivity contribution in [3.8, 4) is 0 Å². The van der Waals surface area contributed by atoms with Crippen molar-refractivity contribution >= 4 is 55.8 Å². The molecule has 1 aromatic heterocycles. The van der Waals surface area contributed by atoms with Gasteiger partial charge in [0, 0.05) is 29.3 Å². The van der Waals surface area contributed by atoms with Crippen molar-refractivity contribution in [3.63, 3.8) is 0 Å². The second-order valence-corrected chi connectivity index (χ2v) is 8.23. The highest BCUT2D eigenvalue weighted by Crippen LogP contribution is 2.31. The largest absolute Gasteiger partial charge is 0.357 e. The zero-order chi connectivity index (χ0) is 22.1. The van der Waals surface area contributed by atoms with Crippen LogP contribution in [0.3, 0.4) is 0 Å². The van der Waals surface area contributed by atoms with E-state index >= 15 is 0 Å². The quantitative estimate of drug-likeness (QED) is 0.377. The summed E-state index contributed by atoms with van der Waals surface area (Å²) in [7, 11) is 0. The second kappa shape index (κ2) is 9.02. The molecule has 1 atom stereocenters. The van der Waals surface area contributed by atoms with Gasteiger partial charge in [-0.2, -0.15) is 5.10 Å². The molecule has 2 aromatic carbocycles. The lowest BCUT2D eigenvalue weighted by Gasteiger charge is -2.22. The van der Waals surface area contributed by atoms with Gasteiger partial charge in [-0.25, -0.2) is 13.5 Å². The number of ether oxygens (including phenoxy) is 1. The number of nitrogens with one attached hydrogen (secondary N) is 1. The number of halogens is 4. The predicted molar refractivity (Wildman–Crippen MR) is 115 cm³/mol. The van der Waals surface area contributed by atoms with Crippen molar-refractivity contribution in [1.82, 2.24) is 9.78 Å². The number of benzene rings is 2. The first-order valence-electron chi connectivity index (χ1n) is 9.57. The molecule has 162 valence electrons. The van der Waals surface area contributed by atoms with Crippen LogP contribution in [-0.4, -0.2) is 34.0 Å². The Morgan fingerprint density at radius 2 is 2.03 bits per heavy atom. The number of amides is 1. The van der Waals surface area contributed by atoms with Crippen LogP contribution < -0.4 is 5.32 Å². The minimum absolute atomic E-state index is 0.0290. The molecule has 10 heteroatoms. The molecule has 1 saturated heterocycles. The summed E-state index contributed by atoms with van der Waals surface area (Å²) in [4.78, 5) is 25.2. The SMILES string of the molecule is O=C(CCl)Nc1cc(F)c(Br)cc1C(=O)c1ccc(F)c2nn(C3CCCCO3)cc12. The topological polar surface area (TPSA) is 73.2 Å². The normalized spacial score (nSPS) is 16.5. The monoisotopic (exact) mass is 511 g/mol. The van der Waals surface area contributed by atoms with Crippen LogP contribution in [0.25, 0.3) is 10.9 Å². The summed E-state index contributed by atoms with van der Waals surface area (Å²) in [5.74, 6) is -2.71. The zero-order valence-corrected chi connectivity index (χ0v) is 18.5. The van der Waals surface area contributed by atoms with Crippen LogP contribution in [0.15, 0.2) is 34.9 Å². The molecule has 2 heterocycles. The molecule has 6 nitrogen and oxygen atoms in total. The van der Waals surface area contributed by atoms with Crippen molar-refractivity contribution in [3.05, 3.63) is 57.7 Å². The van der Waals surface area contributed by atoms with Crippen molar-refractivity contribution in [1.29, 1.82) is 0 Å². The summed E-state index contributed by atoms with van der Waals surface area (Å²) < 4.78 is 35.8. The number of carbonyl (C=O) groups excluding carboxylic acids is 2. The van der Waals surface area contributed by atoms with Gasteiger partial charge in [-0.05, 0) is 59.5 Å². The van der Waals surface area contributed by atoms with Crippen LogP contribution >= 0.6 is 27.5 Å². The van der Waals surface area contributed by atoms with Gasteiger partial charge in [0.15, 0.2) is 11.6 Å². The lowest BCUT2D eigenvalue weighted by molar-refractivity contribution is -0.113. The molecule has 0 saturated carbocycles. The number of hydrogen-bond donors (Lipinski definition) is 1. The van der Waals surface area contributed by atoms with E-state index in [2.05, 4.69) is 26.3 Å². The molecule has 1 aliphatic rings. The van der Waals surface area contributed by atoms with Crippen LogP contribution in [0, 0.1) is 11.6 Å². The molecule has 31 heavy (non-hydrogen) atoms. The maximum atomic E-state index is 14.5. The first-order chi connectivity index (χ1) is 14.9. The Morgan fingerprint density at radius 1 is 1.23 bits per heavy atom. The van der Waals surface area contributed by atoms with Gasteiger partial charge in [0.2, 0.25) is 5.91 Å². The molecule has 4 rings (SSSR count). The number of alkyl halides is 1. The number of hydrogen-bond acceptors (Lipinski definition) is 4. The third-order valence-electron chi connectivity index (χ3n) is 5.04. The zero-order valence-electron chi connectivity index (χ0n) is 16.1. The molecule has 0 aliphatic carbocycles. The molecule has 0 bridgehead atoms. The molecule has 1 N–H and O–H groups in total. The van der Waals surface area contributed by atoms with Crippen molar-refractivity contribution in [2.24, 2.45) is 0 Å². The van der Waals surface area contributed by atoms with Gasteiger partial charge in [0.05, 0.1) is 10.2 Å². The highest BCUT2D eigenvalue weighted by Gasteiger charge is 2.24. The van der Waals surface area contributed by atoms with Crippen LogP contribution in [0.1, 0.15) is 41.4 Å². The molecule has 0 spiro atoms. The smallest absolute Gasteiger partial charge is 0.239 e. The van der Waals surface area contributed by atoms with Crippen LogP contribution in [0.2, 0.25) is 0 Å². The molecule has 1 aliphatic heterocycles. The molecule has 1 unspecified atom stereocenters. The van der Waals surface area contributed by atoms with E-state index in [9.17, 15) is 18.4 Å². The third kappa shape index (κ3) is 4.35.